The van der Waals surface area contributed by atoms with Gasteiger partial charge in [-0.05, 0) is 6.07 Å². The standard InChI is InChI=1S/C21H19O3P/c22-21-15-20(18-13-7-8-14-19(18)24-21)25(23,16-9-3-1-4-10-16)17-11-5-2-6-12-17/h1-14,20-22H,15H2. The predicted molar refractivity (Wildman–Crippen MR) is 100 cm³/mol. The number of fused-ring (bicyclic) bond motifs is 1. The van der Waals surface area contributed by atoms with Crippen LogP contribution in [0.25, 0.3) is 0 Å². The van der Waals surface area contributed by atoms with Crippen molar-refractivity contribution in [3.63, 3.8) is 0 Å². The molecule has 0 aliphatic carbocycles. The van der Waals surface area contributed by atoms with E-state index < -0.39 is 13.4 Å². The lowest BCUT2D eigenvalue weighted by Gasteiger charge is -2.35. The van der Waals surface area contributed by atoms with E-state index in [1.165, 1.54) is 0 Å². The van der Waals surface area contributed by atoms with Crippen LogP contribution in [0.2, 0.25) is 0 Å². The highest BCUT2D eigenvalue weighted by Crippen LogP contribution is 2.61. The zero-order valence-electron chi connectivity index (χ0n) is 13.7. The Morgan fingerprint density at radius 1 is 0.800 bits per heavy atom. The Bertz CT molecular complexity index is 865. The summed E-state index contributed by atoms with van der Waals surface area (Å²) in [5.74, 6) is 0.610. The van der Waals surface area contributed by atoms with Gasteiger partial charge in [0.25, 0.3) is 0 Å². The molecule has 1 heterocycles. The SMILES string of the molecule is O=P(c1ccccc1)(c1ccccc1)C1CC(O)Oc2ccccc21. The van der Waals surface area contributed by atoms with Gasteiger partial charge >= 0.3 is 0 Å². The number of hydrogen-bond donors (Lipinski definition) is 1. The van der Waals surface area contributed by atoms with Gasteiger partial charge in [-0.2, -0.15) is 0 Å². The Kier molecular flexibility index (Phi) is 4.20. The minimum atomic E-state index is -3.01. The molecule has 4 rings (SSSR count). The molecule has 1 aliphatic rings. The minimum absolute atomic E-state index is 0.304. The summed E-state index contributed by atoms with van der Waals surface area (Å²) in [7, 11) is -3.01. The lowest BCUT2D eigenvalue weighted by Crippen LogP contribution is -2.30. The molecule has 2 unspecified atom stereocenters. The molecule has 126 valence electrons. The predicted octanol–water partition coefficient (Wildman–Crippen LogP) is 3.84. The molecular formula is C21H19O3P. The van der Waals surface area contributed by atoms with Gasteiger partial charge in [-0.25, -0.2) is 0 Å². The topological polar surface area (TPSA) is 46.5 Å². The van der Waals surface area contributed by atoms with E-state index in [4.69, 9.17) is 4.74 Å². The zero-order valence-corrected chi connectivity index (χ0v) is 14.6. The van der Waals surface area contributed by atoms with Crippen molar-refractivity contribution in [1.82, 2.24) is 0 Å². The van der Waals surface area contributed by atoms with Crippen molar-refractivity contribution in [3.05, 3.63) is 90.5 Å². The van der Waals surface area contributed by atoms with Crippen molar-refractivity contribution >= 4 is 17.8 Å². The molecule has 0 fully saturated rings. The first kappa shape index (κ1) is 16.1. The van der Waals surface area contributed by atoms with Crippen molar-refractivity contribution < 1.29 is 14.4 Å². The molecule has 25 heavy (non-hydrogen) atoms. The molecule has 4 heteroatoms. The summed E-state index contributed by atoms with van der Waals surface area (Å²) in [6, 6.07) is 26.7. The molecular weight excluding hydrogens is 331 g/mol. The van der Waals surface area contributed by atoms with E-state index >= 15 is 0 Å². The summed E-state index contributed by atoms with van der Waals surface area (Å²) < 4.78 is 20.1. The minimum Gasteiger partial charge on any atom is -0.465 e. The van der Waals surface area contributed by atoms with Crippen LogP contribution in [0.3, 0.4) is 0 Å². The Morgan fingerprint density at radius 2 is 1.32 bits per heavy atom. The van der Waals surface area contributed by atoms with Crippen molar-refractivity contribution in [2.45, 2.75) is 18.4 Å². The molecule has 1 aliphatic heterocycles. The van der Waals surface area contributed by atoms with Gasteiger partial charge in [-0.1, -0.05) is 78.9 Å². The molecule has 3 aromatic carbocycles. The molecule has 3 aromatic rings. The van der Waals surface area contributed by atoms with Crippen LogP contribution < -0.4 is 15.3 Å². The molecule has 2 atom stereocenters. The molecule has 0 bridgehead atoms. The summed E-state index contributed by atoms with van der Waals surface area (Å²) in [4.78, 5) is 0. The first-order valence-electron chi connectivity index (χ1n) is 8.34. The van der Waals surface area contributed by atoms with E-state index in [0.717, 1.165) is 16.2 Å². The summed E-state index contributed by atoms with van der Waals surface area (Å²) in [6.07, 6.45) is -0.654. The van der Waals surface area contributed by atoms with Crippen LogP contribution in [-0.4, -0.2) is 11.4 Å². The van der Waals surface area contributed by atoms with Gasteiger partial charge < -0.3 is 14.4 Å². The lowest BCUT2D eigenvalue weighted by atomic mass is 10.1. The molecule has 3 nitrogen and oxygen atoms in total. The molecule has 0 saturated heterocycles. The maximum absolute atomic E-state index is 14.5. The summed E-state index contributed by atoms with van der Waals surface area (Å²) in [5, 5.41) is 11.8. The van der Waals surface area contributed by atoms with E-state index in [1.54, 1.807) is 0 Å². The van der Waals surface area contributed by atoms with Crippen LogP contribution in [0, 0.1) is 0 Å². The fourth-order valence-electron chi connectivity index (χ4n) is 3.53. The van der Waals surface area contributed by atoms with Crippen LogP contribution >= 0.6 is 7.14 Å². The van der Waals surface area contributed by atoms with Crippen molar-refractivity contribution in [3.8, 4) is 5.75 Å². The average molecular weight is 350 g/mol. The summed E-state index contributed by atoms with van der Waals surface area (Å²) in [6.45, 7) is 0. The quantitative estimate of drug-likeness (QED) is 0.730. The molecule has 1 N–H and O–H groups in total. The molecule has 0 radical (unpaired) electrons. The Balaban J connectivity index is 1.96. The van der Waals surface area contributed by atoms with Gasteiger partial charge in [0.1, 0.15) is 5.75 Å². The zero-order chi connectivity index (χ0) is 17.3. The second kappa shape index (κ2) is 6.51. The number of ether oxygens (including phenoxy) is 1. The van der Waals surface area contributed by atoms with Crippen LogP contribution in [0.5, 0.6) is 5.75 Å². The number of benzene rings is 3. The van der Waals surface area contributed by atoms with E-state index in [0.29, 0.717) is 12.2 Å². The van der Waals surface area contributed by atoms with Gasteiger partial charge in [0.15, 0.2) is 13.4 Å². The first-order valence-corrected chi connectivity index (χ1v) is 10.1. The fourth-order valence-corrected chi connectivity index (χ4v) is 6.86. The Labute approximate surface area is 147 Å². The summed E-state index contributed by atoms with van der Waals surface area (Å²) in [5.41, 5.74) is 0.570. The van der Waals surface area contributed by atoms with Crippen LogP contribution in [0.15, 0.2) is 84.9 Å². The highest BCUT2D eigenvalue weighted by Gasteiger charge is 2.42. The van der Waals surface area contributed by atoms with E-state index in [2.05, 4.69) is 0 Å². The number of para-hydroxylation sites is 1. The van der Waals surface area contributed by atoms with E-state index in [9.17, 15) is 9.67 Å². The van der Waals surface area contributed by atoms with Gasteiger partial charge in [-0.3, -0.25) is 0 Å². The van der Waals surface area contributed by atoms with E-state index in [1.807, 2.05) is 84.9 Å². The normalized spacial score (nSPS) is 19.7. The van der Waals surface area contributed by atoms with Crippen molar-refractivity contribution in [2.75, 3.05) is 0 Å². The monoisotopic (exact) mass is 350 g/mol. The third-order valence-electron chi connectivity index (χ3n) is 4.68. The smallest absolute Gasteiger partial charge is 0.198 e. The number of aliphatic hydroxyl groups excluding tert-OH is 1. The molecule has 0 aromatic heterocycles. The third-order valence-corrected chi connectivity index (χ3v) is 8.18. The van der Waals surface area contributed by atoms with E-state index in [-0.39, 0.29) is 5.66 Å². The van der Waals surface area contributed by atoms with Gasteiger partial charge in [-0.15, -0.1) is 0 Å². The van der Waals surface area contributed by atoms with Crippen LogP contribution in [-0.2, 0) is 4.57 Å². The summed E-state index contributed by atoms with van der Waals surface area (Å²) >= 11 is 0. The first-order chi connectivity index (χ1) is 12.2. The second-order valence-corrected chi connectivity index (χ2v) is 9.16. The van der Waals surface area contributed by atoms with Gasteiger partial charge in [0, 0.05) is 22.6 Å². The number of aliphatic hydroxyl groups is 1. The number of rotatable bonds is 3. The fraction of sp³-hybridized carbons (Fsp3) is 0.143. The number of hydrogen-bond acceptors (Lipinski definition) is 3. The third kappa shape index (κ3) is 2.80. The van der Waals surface area contributed by atoms with Crippen molar-refractivity contribution in [1.29, 1.82) is 0 Å². The van der Waals surface area contributed by atoms with Crippen molar-refractivity contribution in [2.24, 2.45) is 0 Å². The van der Waals surface area contributed by atoms with Crippen LogP contribution in [0.1, 0.15) is 17.6 Å². The highest BCUT2D eigenvalue weighted by molar-refractivity contribution is 7.79. The Morgan fingerprint density at radius 3 is 1.92 bits per heavy atom. The van der Waals surface area contributed by atoms with Crippen LogP contribution in [0.4, 0.5) is 0 Å². The second-order valence-electron chi connectivity index (χ2n) is 6.19. The molecule has 0 spiro atoms. The molecule has 0 amide bonds. The largest absolute Gasteiger partial charge is 0.465 e. The molecule has 0 saturated carbocycles. The Hall–Kier alpha value is -2.35. The average Bonchev–Trinajstić information content (AvgIpc) is 2.68. The lowest BCUT2D eigenvalue weighted by molar-refractivity contribution is -0.0330. The van der Waals surface area contributed by atoms with Gasteiger partial charge in [0.05, 0.1) is 5.66 Å². The highest BCUT2D eigenvalue weighted by atomic mass is 31.2. The maximum Gasteiger partial charge on any atom is 0.198 e. The maximum atomic E-state index is 14.5. The van der Waals surface area contributed by atoms with Gasteiger partial charge in [0.2, 0.25) is 0 Å².